The molecule has 2 amide bonds. The van der Waals surface area contributed by atoms with Gasteiger partial charge in [-0.05, 0) is 24.3 Å². The number of hydrogen-bond acceptors (Lipinski definition) is 4. The van der Waals surface area contributed by atoms with Crippen molar-refractivity contribution in [3.8, 4) is 11.5 Å². The number of carbonyl (C=O) groups excluding carboxylic acids is 2. The minimum atomic E-state index is -0.784. The molecule has 1 atom stereocenters. The van der Waals surface area contributed by atoms with E-state index in [9.17, 15) is 18.4 Å². The zero-order chi connectivity index (χ0) is 19.6. The van der Waals surface area contributed by atoms with Crippen LogP contribution in [0.3, 0.4) is 0 Å². The zero-order valence-corrected chi connectivity index (χ0v) is 14.8. The molecule has 0 aromatic heterocycles. The molecule has 142 valence electrons. The Balaban J connectivity index is 1.74. The van der Waals surface area contributed by atoms with Crippen molar-refractivity contribution in [1.82, 2.24) is 0 Å². The summed E-state index contributed by atoms with van der Waals surface area (Å²) in [6.07, 6.45) is -0.0531. The maximum absolute atomic E-state index is 13.4. The van der Waals surface area contributed by atoms with Crippen molar-refractivity contribution in [2.24, 2.45) is 5.92 Å². The van der Waals surface area contributed by atoms with Crippen LogP contribution in [0.4, 0.5) is 20.2 Å². The third kappa shape index (κ3) is 3.99. The van der Waals surface area contributed by atoms with Gasteiger partial charge in [-0.1, -0.05) is 0 Å². The lowest BCUT2D eigenvalue weighted by Gasteiger charge is -2.17. The van der Waals surface area contributed by atoms with Crippen molar-refractivity contribution >= 4 is 23.2 Å². The Hall–Kier alpha value is -3.16. The van der Waals surface area contributed by atoms with Crippen molar-refractivity contribution in [2.75, 3.05) is 31.0 Å². The highest BCUT2D eigenvalue weighted by Gasteiger charge is 2.35. The lowest BCUT2D eigenvalue weighted by atomic mass is 10.1. The molecule has 0 spiro atoms. The van der Waals surface area contributed by atoms with Crippen molar-refractivity contribution < 1.29 is 27.8 Å². The minimum absolute atomic E-state index is 0.0338. The summed E-state index contributed by atoms with van der Waals surface area (Å²) in [7, 11) is 2.98. The number of methoxy groups -OCH3 is 2. The minimum Gasteiger partial charge on any atom is -0.497 e. The molecular formula is C19H18F2N2O4. The Morgan fingerprint density at radius 1 is 1.11 bits per heavy atom. The molecule has 1 aliphatic heterocycles. The number of benzene rings is 2. The number of hydrogen-bond donors (Lipinski definition) is 1. The lowest BCUT2D eigenvalue weighted by Crippen LogP contribution is -2.28. The van der Waals surface area contributed by atoms with E-state index in [1.165, 1.54) is 19.1 Å². The molecule has 1 aliphatic rings. The van der Waals surface area contributed by atoms with E-state index in [1.807, 2.05) is 0 Å². The molecule has 2 aromatic rings. The summed E-state index contributed by atoms with van der Waals surface area (Å²) < 4.78 is 37.2. The summed E-state index contributed by atoms with van der Waals surface area (Å²) in [4.78, 5) is 26.0. The van der Waals surface area contributed by atoms with Crippen LogP contribution in [-0.4, -0.2) is 32.6 Å². The fourth-order valence-electron chi connectivity index (χ4n) is 2.96. The van der Waals surface area contributed by atoms with Gasteiger partial charge in [-0.3, -0.25) is 9.59 Å². The fourth-order valence-corrected chi connectivity index (χ4v) is 2.96. The first kappa shape index (κ1) is 18.6. The summed E-state index contributed by atoms with van der Waals surface area (Å²) in [5.41, 5.74) is 0.529. The van der Waals surface area contributed by atoms with Crippen LogP contribution in [0.15, 0.2) is 36.4 Å². The topological polar surface area (TPSA) is 67.9 Å². The number of carbonyl (C=O) groups is 2. The van der Waals surface area contributed by atoms with E-state index in [0.717, 1.165) is 18.2 Å². The Labute approximate surface area is 154 Å². The Bertz CT molecular complexity index is 868. The maximum atomic E-state index is 13.4. The standard InChI is InChI=1S/C19H18F2N2O4/c1-26-15-3-4-16(17(9-15)27-2)22-19(25)11-5-18(24)23(10-11)14-7-12(20)6-13(21)8-14/h3-4,6-9,11H,5,10H2,1-2H3,(H,22,25). The van der Waals surface area contributed by atoms with Gasteiger partial charge in [0, 0.05) is 30.8 Å². The Kier molecular flexibility index (Phi) is 5.25. The van der Waals surface area contributed by atoms with E-state index in [4.69, 9.17) is 9.47 Å². The number of nitrogens with zero attached hydrogens (tertiary/aromatic N) is 1. The van der Waals surface area contributed by atoms with E-state index in [-0.39, 0.29) is 30.5 Å². The highest BCUT2D eigenvalue weighted by molar-refractivity contribution is 6.04. The number of anilines is 2. The Morgan fingerprint density at radius 3 is 2.44 bits per heavy atom. The molecule has 0 aliphatic carbocycles. The maximum Gasteiger partial charge on any atom is 0.229 e. The van der Waals surface area contributed by atoms with Gasteiger partial charge in [-0.15, -0.1) is 0 Å². The van der Waals surface area contributed by atoms with Gasteiger partial charge in [0.15, 0.2) is 0 Å². The molecule has 1 heterocycles. The molecule has 1 N–H and O–H groups in total. The summed E-state index contributed by atoms with van der Waals surface area (Å²) in [5, 5.41) is 2.72. The van der Waals surface area contributed by atoms with Gasteiger partial charge >= 0.3 is 0 Å². The molecule has 8 heteroatoms. The monoisotopic (exact) mass is 376 g/mol. The van der Waals surface area contributed by atoms with E-state index in [2.05, 4.69) is 5.32 Å². The van der Waals surface area contributed by atoms with Crippen LogP contribution in [0.2, 0.25) is 0 Å². The van der Waals surface area contributed by atoms with Gasteiger partial charge in [0.05, 0.1) is 25.8 Å². The van der Waals surface area contributed by atoms with Gasteiger partial charge in [0.25, 0.3) is 0 Å². The lowest BCUT2D eigenvalue weighted by molar-refractivity contribution is -0.122. The number of amides is 2. The third-order valence-electron chi connectivity index (χ3n) is 4.32. The average Bonchev–Trinajstić information content (AvgIpc) is 3.03. The first-order chi connectivity index (χ1) is 12.9. The largest absolute Gasteiger partial charge is 0.497 e. The highest BCUT2D eigenvalue weighted by Crippen LogP contribution is 2.31. The number of nitrogens with one attached hydrogen (secondary N) is 1. The average molecular weight is 376 g/mol. The molecular weight excluding hydrogens is 358 g/mol. The number of ether oxygens (including phenoxy) is 2. The highest BCUT2D eigenvalue weighted by atomic mass is 19.1. The van der Waals surface area contributed by atoms with Crippen LogP contribution in [0, 0.1) is 17.6 Å². The van der Waals surface area contributed by atoms with Crippen LogP contribution >= 0.6 is 0 Å². The second kappa shape index (κ2) is 7.61. The van der Waals surface area contributed by atoms with Crippen molar-refractivity contribution in [1.29, 1.82) is 0 Å². The summed E-state index contributed by atoms with van der Waals surface area (Å²) in [5.74, 6) is -2.00. The molecule has 0 radical (unpaired) electrons. The molecule has 6 nitrogen and oxygen atoms in total. The molecule has 1 fully saturated rings. The second-order valence-electron chi connectivity index (χ2n) is 6.09. The normalized spacial score (nSPS) is 16.4. The third-order valence-corrected chi connectivity index (χ3v) is 4.32. The zero-order valence-electron chi connectivity index (χ0n) is 14.8. The molecule has 2 aromatic carbocycles. The van der Waals surface area contributed by atoms with Crippen molar-refractivity contribution in [3.63, 3.8) is 0 Å². The van der Waals surface area contributed by atoms with Gasteiger partial charge < -0.3 is 19.7 Å². The summed E-state index contributed by atoms with van der Waals surface area (Å²) >= 11 is 0. The second-order valence-corrected chi connectivity index (χ2v) is 6.09. The van der Waals surface area contributed by atoms with Crippen LogP contribution in [0.25, 0.3) is 0 Å². The Morgan fingerprint density at radius 2 is 1.81 bits per heavy atom. The summed E-state index contributed by atoms with van der Waals surface area (Å²) in [6.45, 7) is 0.0338. The molecule has 1 unspecified atom stereocenters. The molecule has 1 saturated heterocycles. The summed E-state index contributed by atoms with van der Waals surface area (Å²) in [6, 6.07) is 7.77. The van der Waals surface area contributed by atoms with E-state index in [0.29, 0.717) is 17.2 Å². The number of halogens is 2. The van der Waals surface area contributed by atoms with Crippen LogP contribution in [0.1, 0.15) is 6.42 Å². The first-order valence-electron chi connectivity index (χ1n) is 8.20. The van der Waals surface area contributed by atoms with Crippen molar-refractivity contribution in [2.45, 2.75) is 6.42 Å². The van der Waals surface area contributed by atoms with E-state index in [1.54, 1.807) is 18.2 Å². The molecule has 0 saturated carbocycles. The first-order valence-corrected chi connectivity index (χ1v) is 8.20. The molecule has 3 rings (SSSR count). The molecule has 0 bridgehead atoms. The van der Waals surface area contributed by atoms with Gasteiger partial charge in [0.2, 0.25) is 11.8 Å². The predicted octanol–water partition coefficient (Wildman–Crippen LogP) is 2.97. The quantitative estimate of drug-likeness (QED) is 0.871. The van der Waals surface area contributed by atoms with Crippen LogP contribution in [-0.2, 0) is 9.59 Å². The van der Waals surface area contributed by atoms with Crippen molar-refractivity contribution in [3.05, 3.63) is 48.0 Å². The fraction of sp³-hybridized carbons (Fsp3) is 0.263. The van der Waals surface area contributed by atoms with Crippen LogP contribution in [0.5, 0.6) is 11.5 Å². The van der Waals surface area contributed by atoms with Gasteiger partial charge in [0.1, 0.15) is 23.1 Å². The van der Waals surface area contributed by atoms with E-state index >= 15 is 0 Å². The van der Waals surface area contributed by atoms with Crippen LogP contribution < -0.4 is 19.7 Å². The predicted molar refractivity (Wildman–Crippen MR) is 95.0 cm³/mol. The SMILES string of the molecule is COc1ccc(NC(=O)C2CC(=O)N(c3cc(F)cc(F)c3)C2)c(OC)c1. The number of rotatable bonds is 5. The molecule has 27 heavy (non-hydrogen) atoms. The smallest absolute Gasteiger partial charge is 0.229 e. The van der Waals surface area contributed by atoms with Gasteiger partial charge in [-0.2, -0.15) is 0 Å². The van der Waals surface area contributed by atoms with Gasteiger partial charge in [-0.25, -0.2) is 8.78 Å². The van der Waals surface area contributed by atoms with E-state index < -0.39 is 17.6 Å².